The van der Waals surface area contributed by atoms with Crippen LogP contribution in [0.3, 0.4) is 0 Å². The second kappa shape index (κ2) is 7.32. The van der Waals surface area contributed by atoms with E-state index >= 15 is 0 Å². The number of carbonyl (C=O) groups excluding carboxylic acids is 1. The molecule has 4 aromatic rings. The van der Waals surface area contributed by atoms with Crippen molar-refractivity contribution in [3.8, 4) is 5.69 Å². The van der Waals surface area contributed by atoms with Gasteiger partial charge in [0.1, 0.15) is 11.6 Å². The molecule has 0 unspecified atom stereocenters. The molecule has 28 heavy (non-hydrogen) atoms. The van der Waals surface area contributed by atoms with Crippen molar-refractivity contribution in [1.29, 1.82) is 0 Å². The number of hydrogen-bond donors (Lipinski definition) is 0. The van der Waals surface area contributed by atoms with Crippen LogP contribution in [-0.4, -0.2) is 25.7 Å². The third-order valence-electron chi connectivity index (χ3n) is 4.05. The van der Waals surface area contributed by atoms with Crippen LogP contribution in [0.15, 0.2) is 60.0 Å². The minimum absolute atomic E-state index is 0.0403. The summed E-state index contributed by atoms with van der Waals surface area (Å²) in [7, 11) is 0. The van der Waals surface area contributed by atoms with E-state index in [2.05, 4.69) is 15.1 Å². The number of rotatable bonds is 4. The van der Waals surface area contributed by atoms with Crippen molar-refractivity contribution in [2.24, 2.45) is 0 Å². The predicted molar refractivity (Wildman–Crippen MR) is 106 cm³/mol. The predicted octanol–water partition coefficient (Wildman–Crippen LogP) is 4.46. The van der Waals surface area contributed by atoms with E-state index in [-0.39, 0.29) is 17.5 Å². The summed E-state index contributed by atoms with van der Waals surface area (Å²) in [5, 5.41) is 6.79. The molecule has 0 spiro atoms. The molecule has 0 bridgehead atoms. The SMILES string of the molecule is Cc1csc(N(C(=O)c2nc(C)n(-c3ccc(F)cc3)n2)c2ccccc2)n1. The van der Waals surface area contributed by atoms with Crippen molar-refractivity contribution in [2.75, 3.05) is 4.90 Å². The Kier molecular flexibility index (Phi) is 4.70. The molecule has 0 aliphatic rings. The number of carbonyl (C=O) groups is 1. The maximum absolute atomic E-state index is 13.3. The molecule has 6 nitrogen and oxygen atoms in total. The van der Waals surface area contributed by atoms with Gasteiger partial charge in [-0.25, -0.2) is 23.9 Å². The molecule has 0 aliphatic heterocycles. The van der Waals surface area contributed by atoms with Crippen LogP contribution >= 0.6 is 11.3 Å². The monoisotopic (exact) mass is 393 g/mol. The van der Waals surface area contributed by atoms with Gasteiger partial charge in [-0.15, -0.1) is 16.4 Å². The summed E-state index contributed by atoms with van der Waals surface area (Å²) >= 11 is 1.37. The van der Waals surface area contributed by atoms with E-state index < -0.39 is 0 Å². The molecule has 0 atom stereocenters. The smallest absolute Gasteiger partial charge is 0.264 e. The fourth-order valence-electron chi connectivity index (χ4n) is 2.74. The molecule has 140 valence electrons. The zero-order chi connectivity index (χ0) is 19.7. The zero-order valence-electron chi connectivity index (χ0n) is 15.2. The Morgan fingerprint density at radius 2 is 1.75 bits per heavy atom. The Balaban J connectivity index is 1.75. The average Bonchev–Trinajstić information content (AvgIpc) is 3.29. The minimum Gasteiger partial charge on any atom is -0.264 e. The van der Waals surface area contributed by atoms with Gasteiger partial charge >= 0.3 is 5.91 Å². The quantitative estimate of drug-likeness (QED) is 0.514. The summed E-state index contributed by atoms with van der Waals surface area (Å²) in [5.74, 6) is -0.159. The largest absolute Gasteiger partial charge is 0.304 e. The van der Waals surface area contributed by atoms with Crippen molar-refractivity contribution >= 4 is 28.1 Å². The molecule has 4 rings (SSSR count). The highest BCUT2D eigenvalue weighted by Crippen LogP contribution is 2.29. The van der Waals surface area contributed by atoms with Gasteiger partial charge in [0.25, 0.3) is 0 Å². The first-order chi connectivity index (χ1) is 13.5. The van der Waals surface area contributed by atoms with E-state index in [1.807, 2.05) is 42.6 Å². The Hall–Kier alpha value is -3.39. The fraction of sp³-hybridized carbons (Fsp3) is 0.100. The van der Waals surface area contributed by atoms with Crippen molar-refractivity contribution in [2.45, 2.75) is 13.8 Å². The standard InChI is InChI=1S/C20H16FN5OS/c1-13-12-28-20(22-13)25(16-6-4-3-5-7-16)19(27)18-23-14(2)26(24-18)17-10-8-15(21)9-11-17/h3-12H,1-2H3. The van der Waals surface area contributed by atoms with Gasteiger partial charge in [0, 0.05) is 5.38 Å². The van der Waals surface area contributed by atoms with Crippen LogP contribution in [0.5, 0.6) is 0 Å². The lowest BCUT2D eigenvalue weighted by Crippen LogP contribution is -2.27. The average molecular weight is 393 g/mol. The van der Waals surface area contributed by atoms with Crippen molar-refractivity contribution in [3.63, 3.8) is 0 Å². The molecule has 0 aliphatic carbocycles. The number of amides is 1. The third-order valence-corrected chi connectivity index (χ3v) is 4.99. The van der Waals surface area contributed by atoms with Gasteiger partial charge in [-0.1, -0.05) is 18.2 Å². The molecule has 0 saturated carbocycles. The molecule has 1 amide bonds. The highest BCUT2D eigenvalue weighted by atomic mass is 32.1. The van der Waals surface area contributed by atoms with Crippen LogP contribution in [0.2, 0.25) is 0 Å². The number of aromatic nitrogens is 4. The first kappa shape index (κ1) is 18.0. The molecule has 0 N–H and O–H groups in total. The minimum atomic E-state index is -0.385. The maximum Gasteiger partial charge on any atom is 0.304 e. The summed E-state index contributed by atoms with van der Waals surface area (Å²) in [5.41, 5.74) is 2.13. The molecule has 2 aromatic carbocycles. The molecule has 2 heterocycles. The molecular weight excluding hydrogens is 377 g/mol. The van der Waals surface area contributed by atoms with Crippen LogP contribution in [0.4, 0.5) is 15.2 Å². The van der Waals surface area contributed by atoms with Crippen LogP contribution in [-0.2, 0) is 0 Å². The fourth-order valence-corrected chi connectivity index (χ4v) is 3.56. The first-order valence-electron chi connectivity index (χ1n) is 8.54. The number of anilines is 2. The van der Waals surface area contributed by atoms with E-state index in [4.69, 9.17) is 0 Å². The molecule has 2 aromatic heterocycles. The normalized spacial score (nSPS) is 10.8. The summed E-state index contributed by atoms with van der Waals surface area (Å²) in [6.45, 7) is 3.62. The maximum atomic E-state index is 13.3. The van der Waals surface area contributed by atoms with Gasteiger partial charge in [0.05, 0.1) is 17.1 Å². The highest BCUT2D eigenvalue weighted by Gasteiger charge is 2.26. The summed E-state index contributed by atoms with van der Waals surface area (Å²) < 4.78 is 14.7. The second-order valence-electron chi connectivity index (χ2n) is 6.12. The van der Waals surface area contributed by atoms with Crippen molar-refractivity contribution in [3.05, 3.63) is 83.1 Å². The first-order valence-corrected chi connectivity index (χ1v) is 9.42. The van der Waals surface area contributed by atoms with Crippen molar-refractivity contribution in [1.82, 2.24) is 19.7 Å². The zero-order valence-corrected chi connectivity index (χ0v) is 16.0. The number of benzene rings is 2. The van der Waals surface area contributed by atoms with Gasteiger partial charge in [0.15, 0.2) is 5.13 Å². The molecule has 8 heteroatoms. The summed E-state index contributed by atoms with van der Waals surface area (Å²) in [6, 6.07) is 15.1. The lowest BCUT2D eigenvalue weighted by Gasteiger charge is -2.18. The van der Waals surface area contributed by atoms with E-state index in [0.717, 1.165) is 5.69 Å². The van der Waals surface area contributed by atoms with Crippen LogP contribution in [0.1, 0.15) is 22.1 Å². The Labute approximate surface area is 164 Å². The summed E-state index contributed by atoms with van der Waals surface area (Å²) in [4.78, 5) is 23.6. The molecule has 0 radical (unpaired) electrons. The van der Waals surface area contributed by atoms with Gasteiger partial charge in [-0.05, 0) is 50.2 Å². The Bertz CT molecular complexity index is 1120. The number of aryl methyl sites for hydroxylation is 2. The van der Waals surface area contributed by atoms with E-state index in [1.54, 1.807) is 19.1 Å². The lowest BCUT2D eigenvalue weighted by atomic mass is 10.3. The van der Waals surface area contributed by atoms with E-state index in [9.17, 15) is 9.18 Å². The lowest BCUT2D eigenvalue weighted by molar-refractivity contribution is 0.0989. The summed E-state index contributed by atoms with van der Waals surface area (Å²) in [6.07, 6.45) is 0. The van der Waals surface area contributed by atoms with Gasteiger partial charge in [0.2, 0.25) is 5.82 Å². The number of para-hydroxylation sites is 1. The third kappa shape index (κ3) is 3.41. The second-order valence-corrected chi connectivity index (χ2v) is 6.95. The van der Waals surface area contributed by atoms with E-state index in [1.165, 1.54) is 33.1 Å². The Morgan fingerprint density at radius 1 is 1.04 bits per heavy atom. The number of nitrogens with zero attached hydrogens (tertiary/aromatic N) is 5. The molecular formula is C20H16FN5OS. The number of halogens is 1. The Morgan fingerprint density at radius 3 is 2.39 bits per heavy atom. The van der Waals surface area contributed by atoms with Gasteiger partial charge in [-0.3, -0.25) is 4.79 Å². The molecule has 0 fully saturated rings. The van der Waals surface area contributed by atoms with Crippen LogP contribution in [0.25, 0.3) is 5.69 Å². The van der Waals surface area contributed by atoms with Gasteiger partial charge < -0.3 is 0 Å². The van der Waals surface area contributed by atoms with Crippen LogP contribution in [0, 0.1) is 19.7 Å². The topological polar surface area (TPSA) is 63.9 Å². The molecule has 0 saturated heterocycles. The number of thiazole rings is 1. The highest BCUT2D eigenvalue weighted by molar-refractivity contribution is 7.14. The van der Waals surface area contributed by atoms with Crippen LogP contribution < -0.4 is 4.90 Å². The number of hydrogen-bond acceptors (Lipinski definition) is 5. The van der Waals surface area contributed by atoms with E-state index in [0.29, 0.717) is 22.3 Å². The van der Waals surface area contributed by atoms with Crippen molar-refractivity contribution < 1.29 is 9.18 Å². The van der Waals surface area contributed by atoms with Gasteiger partial charge in [-0.2, -0.15) is 0 Å².